The number of imidazole rings is 1. The maximum atomic E-state index is 11.9. The number of nitrogens with zero attached hydrogens (tertiary/aromatic N) is 3. The summed E-state index contributed by atoms with van der Waals surface area (Å²) in [5.74, 6) is 1.63. The molecular weight excluding hydrogens is 324 g/mol. The van der Waals surface area contributed by atoms with Gasteiger partial charge in [-0.3, -0.25) is 9.89 Å². The Morgan fingerprint density at radius 1 is 1.29 bits per heavy atom. The highest BCUT2D eigenvalue weighted by Gasteiger charge is 2.08. The molecule has 0 saturated heterocycles. The van der Waals surface area contributed by atoms with Gasteiger partial charge < -0.3 is 10.3 Å². The first-order valence-corrected chi connectivity index (χ1v) is 8.81. The smallest absolute Gasteiger partial charge is 0.220 e. The molecule has 126 valence electrons. The Hall–Kier alpha value is -2.35. The summed E-state index contributed by atoms with van der Waals surface area (Å²) >= 11 is 1.53. The van der Waals surface area contributed by atoms with Gasteiger partial charge in [0, 0.05) is 25.1 Å². The minimum absolute atomic E-state index is 0.0287. The van der Waals surface area contributed by atoms with Crippen molar-refractivity contribution >= 4 is 28.7 Å². The van der Waals surface area contributed by atoms with Gasteiger partial charge in [-0.15, -0.1) is 0 Å². The van der Waals surface area contributed by atoms with Crippen molar-refractivity contribution in [3.8, 4) is 0 Å². The van der Waals surface area contributed by atoms with Crippen LogP contribution in [0.25, 0.3) is 11.0 Å². The number of hydrogen-bond acceptors (Lipinski definition) is 5. The number of nitrogens with one attached hydrogen (secondary N) is 3. The summed E-state index contributed by atoms with van der Waals surface area (Å²) in [6.45, 7) is 4.76. The van der Waals surface area contributed by atoms with Gasteiger partial charge in [0.05, 0.1) is 11.0 Å². The monoisotopic (exact) mass is 344 g/mol. The highest BCUT2D eigenvalue weighted by atomic mass is 32.2. The van der Waals surface area contributed by atoms with Gasteiger partial charge >= 0.3 is 0 Å². The summed E-state index contributed by atoms with van der Waals surface area (Å²) in [6.07, 6.45) is 2.50. The molecule has 0 unspecified atom stereocenters. The molecule has 3 aromatic rings. The number of rotatable bonds is 7. The third-order valence-electron chi connectivity index (χ3n) is 3.79. The van der Waals surface area contributed by atoms with Crippen molar-refractivity contribution in [1.29, 1.82) is 0 Å². The van der Waals surface area contributed by atoms with Gasteiger partial charge in [-0.25, -0.2) is 9.97 Å². The third-order valence-corrected chi connectivity index (χ3v) is 4.67. The Labute approximate surface area is 144 Å². The van der Waals surface area contributed by atoms with Gasteiger partial charge in [-0.1, -0.05) is 11.8 Å². The van der Waals surface area contributed by atoms with Crippen molar-refractivity contribution < 1.29 is 4.79 Å². The molecule has 0 bridgehead atoms. The van der Waals surface area contributed by atoms with Crippen molar-refractivity contribution in [3.05, 3.63) is 35.4 Å². The Morgan fingerprint density at radius 3 is 2.92 bits per heavy atom. The zero-order chi connectivity index (χ0) is 16.9. The molecule has 24 heavy (non-hydrogen) atoms. The molecule has 1 amide bonds. The summed E-state index contributed by atoms with van der Waals surface area (Å²) in [6, 6.07) is 4.17. The van der Waals surface area contributed by atoms with Crippen LogP contribution in [0.1, 0.15) is 23.4 Å². The summed E-state index contributed by atoms with van der Waals surface area (Å²) in [5, 5.41) is 10.2. The molecule has 3 N–H and O–H groups in total. The number of H-pyrrole nitrogens is 2. The van der Waals surface area contributed by atoms with E-state index < -0.39 is 0 Å². The molecule has 0 aliphatic rings. The van der Waals surface area contributed by atoms with Crippen LogP contribution in [0.2, 0.25) is 0 Å². The molecule has 7 nitrogen and oxygen atoms in total. The highest BCUT2D eigenvalue weighted by molar-refractivity contribution is 7.99. The van der Waals surface area contributed by atoms with E-state index in [1.165, 1.54) is 29.2 Å². The Morgan fingerprint density at radius 2 is 2.12 bits per heavy atom. The van der Waals surface area contributed by atoms with E-state index in [-0.39, 0.29) is 5.91 Å². The van der Waals surface area contributed by atoms with Gasteiger partial charge in [-0.05, 0) is 37.1 Å². The maximum Gasteiger partial charge on any atom is 0.220 e. The molecule has 0 spiro atoms. The fourth-order valence-electron chi connectivity index (χ4n) is 2.36. The molecule has 0 aliphatic heterocycles. The van der Waals surface area contributed by atoms with Crippen LogP contribution in [0.15, 0.2) is 23.6 Å². The van der Waals surface area contributed by atoms with E-state index in [0.29, 0.717) is 19.4 Å². The number of carbonyl (C=O) groups is 1. The standard InChI is InChI=1S/C16H20N6OS/c1-10-7-12-13(8-11(10)2)21-14(20-12)3-4-15(23)17-5-6-24-16-18-9-19-22-16/h7-9H,3-6H2,1-2H3,(H,17,23)(H,20,21)(H,18,19,22). The van der Waals surface area contributed by atoms with Gasteiger partial charge in [0.2, 0.25) is 5.91 Å². The van der Waals surface area contributed by atoms with E-state index in [1.807, 2.05) is 0 Å². The zero-order valence-electron chi connectivity index (χ0n) is 13.7. The van der Waals surface area contributed by atoms with Crippen LogP contribution in [0.4, 0.5) is 0 Å². The fraction of sp³-hybridized carbons (Fsp3) is 0.375. The van der Waals surface area contributed by atoms with E-state index in [0.717, 1.165) is 27.8 Å². The molecule has 0 fully saturated rings. The molecule has 0 radical (unpaired) electrons. The number of benzene rings is 1. The molecule has 1 aromatic carbocycles. The highest BCUT2D eigenvalue weighted by Crippen LogP contribution is 2.17. The molecule has 0 atom stereocenters. The SMILES string of the molecule is Cc1cc2nc(CCC(=O)NCCSc3ncn[nH]3)[nH]c2cc1C. The molecule has 2 aromatic heterocycles. The molecule has 8 heteroatoms. The minimum atomic E-state index is 0.0287. The minimum Gasteiger partial charge on any atom is -0.355 e. The number of hydrogen-bond donors (Lipinski definition) is 3. The molecule has 2 heterocycles. The lowest BCUT2D eigenvalue weighted by atomic mass is 10.1. The maximum absolute atomic E-state index is 11.9. The number of thioether (sulfide) groups is 1. The second-order valence-corrected chi connectivity index (χ2v) is 6.71. The number of aromatic nitrogens is 5. The van der Waals surface area contributed by atoms with E-state index in [9.17, 15) is 4.79 Å². The predicted octanol–water partition coefficient (Wildman–Crippen LogP) is 2.14. The van der Waals surface area contributed by atoms with Crippen molar-refractivity contribution in [3.63, 3.8) is 0 Å². The summed E-state index contributed by atoms with van der Waals surface area (Å²) in [5.41, 5.74) is 4.44. The first kappa shape index (κ1) is 16.5. The normalized spacial score (nSPS) is 11.1. The lowest BCUT2D eigenvalue weighted by Gasteiger charge is -2.03. The first-order chi connectivity index (χ1) is 11.6. The molecule has 0 saturated carbocycles. The summed E-state index contributed by atoms with van der Waals surface area (Å²) < 4.78 is 0. The third kappa shape index (κ3) is 4.14. The van der Waals surface area contributed by atoms with Crippen LogP contribution >= 0.6 is 11.8 Å². The second kappa shape index (κ2) is 7.48. The number of amides is 1. The lowest BCUT2D eigenvalue weighted by molar-refractivity contribution is -0.120. The van der Waals surface area contributed by atoms with Crippen LogP contribution in [0, 0.1) is 13.8 Å². The topological polar surface area (TPSA) is 99.3 Å². The van der Waals surface area contributed by atoms with Crippen molar-refractivity contribution in [2.75, 3.05) is 12.3 Å². The van der Waals surface area contributed by atoms with Gasteiger partial charge in [0.25, 0.3) is 0 Å². The number of fused-ring (bicyclic) bond motifs is 1. The summed E-state index contributed by atoms with van der Waals surface area (Å²) in [4.78, 5) is 23.8. The van der Waals surface area contributed by atoms with E-state index in [1.54, 1.807) is 0 Å². The van der Waals surface area contributed by atoms with E-state index >= 15 is 0 Å². The van der Waals surface area contributed by atoms with Crippen LogP contribution in [0.3, 0.4) is 0 Å². The van der Waals surface area contributed by atoms with Crippen molar-refractivity contribution in [2.45, 2.75) is 31.8 Å². The molecule has 3 rings (SSSR count). The summed E-state index contributed by atoms with van der Waals surface area (Å²) in [7, 11) is 0. The Balaban J connectivity index is 1.44. The lowest BCUT2D eigenvalue weighted by Crippen LogP contribution is -2.26. The van der Waals surface area contributed by atoms with Crippen LogP contribution in [0.5, 0.6) is 0 Å². The van der Waals surface area contributed by atoms with E-state index in [2.05, 4.69) is 56.4 Å². The van der Waals surface area contributed by atoms with Crippen molar-refractivity contribution in [2.24, 2.45) is 0 Å². The average molecular weight is 344 g/mol. The van der Waals surface area contributed by atoms with Crippen LogP contribution in [-0.4, -0.2) is 43.4 Å². The Bertz CT molecular complexity index is 788. The van der Waals surface area contributed by atoms with Crippen LogP contribution < -0.4 is 5.32 Å². The number of carbonyl (C=O) groups excluding carboxylic acids is 1. The fourth-order valence-corrected chi connectivity index (χ4v) is 3.00. The Kier molecular flexibility index (Phi) is 5.14. The number of aromatic amines is 2. The predicted molar refractivity (Wildman–Crippen MR) is 94.0 cm³/mol. The molecule has 0 aliphatic carbocycles. The largest absolute Gasteiger partial charge is 0.355 e. The number of aryl methyl sites for hydroxylation is 3. The molecular formula is C16H20N6OS. The first-order valence-electron chi connectivity index (χ1n) is 7.82. The second-order valence-electron chi connectivity index (χ2n) is 5.63. The van der Waals surface area contributed by atoms with Gasteiger partial charge in [0.1, 0.15) is 12.2 Å². The van der Waals surface area contributed by atoms with E-state index in [4.69, 9.17) is 0 Å². The van der Waals surface area contributed by atoms with Gasteiger partial charge in [-0.2, -0.15) is 5.10 Å². The van der Waals surface area contributed by atoms with Gasteiger partial charge in [0.15, 0.2) is 5.16 Å². The zero-order valence-corrected chi connectivity index (χ0v) is 14.5. The average Bonchev–Trinajstić information content (AvgIpc) is 3.19. The van der Waals surface area contributed by atoms with Crippen LogP contribution in [-0.2, 0) is 11.2 Å². The van der Waals surface area contributed by atoms with Crippen molar-refractivity contribution in [1.82, 2.24) is 30.5 Å². The quantitative estimate of drug-likeness (QED) is 0.450.